The number of aromatic nitrogens is 2. The van der Waals surface area contributed by atoms with Gasteiger partial charge in [0.25, 0.3) is 5.91 Å². The maximum Gasteiger partial charge on any atom is 0.409 e. The Balaban J connectivity index is 1.59. The first-order valence-electron chi connectivity index (χ1n) is 9.51. The van der Waals surface area contributed by atoms with Crippen molar-refractivity contribution in [1.82, 2.24) is 20.2 Å². The molecule has 1 aliphatic heterocycles. The number of methoxy groups -OCH3 is 1. The van der Waals surface area contributed by atoms with Gasteiger partial charge in [0.1, 0.15) is 23.6 Å². The SMILES string of the molecule is CCOC(=O)N1CCN(c2cc(C(=O)NCc3ccccc3OC)ncn2)CC1. The van der Waals surface area contributed by atoms with Crippen LogP contribution in [0.3, 0.4) is 0 Å². The Labute approximate surface area is 169 Å². The lowest BCUT2D eigenvalue weighted by Crippen LogP contribution is -2.49. The minimum Gasteiger partial charge on any atom is -0.496 e. The second-order valence-corrected chi connectivity index (χ2v) is 6.43. The summed E-state index contributed by atoms with van der Waals surface area (Å²) in [4.78, 5) is 36.4. The van der Waals surface area contributed by atoms with Gasteiger partial charge in [-0.25, -0.2) is 14.8 Å². The minimum absolute atomic E-state index is 0.287. The molecule has 1 aromatic carbocycles. The van der Waals surface area contributed by atoms with E-state index >= 15 is 0 Å². The predicted molar refractivity (Wildman–Crippen MR) is 107 cm³/mol. The van der Waals surface area contributed by atoms with Crippen LogP contribution < -0.4 is 15.0 Å². The summed E-state index contributed by atoms with van der Waals surface area (Å²) in [6.45, 7) is 4.78. The number of benzene rings is 1. The van der Waals surface area contributed by atoms with Crippen LogP contribution in [-0.4, -0.2) is 66.8 Å². The van der Waals surface area contributed by atoms with Crippen LogP contribution in [0.15, 0.2) is 36.7 Å². The summed E-state index contributed by atoms with van der Waals surface area (Å²) in [7, 11) is 1.60. The van der Waals surface area contributed by atoms with Gasteiger partial charge in [-0.3, -0.25) is 4.79 Å². The molecule has 1 N–H and O–H groups in total. The number of hydrogen-bond donors (Lipinski definition) is 1. The molecule has 9 nitrogen and oxygen atoms in total. The fourth-order valence-electron chi connectivity index (χ4n) is 3.09. The number of nitrogens with one attached hydrogen (secondary N) is 1. The van der Waals surface area contributed by atoms with Crippen molar-refractivity contribution < 1.29 is 19.1 Å². The van der Waals surface area contributed by atoms with Gasteiger partial charge in [-0.1, -0.05) is 18.2 Å². The van der Waals surface area contributed by atoms with E-state index in [1.54, 1.807) is 25.0 Å². The Kier molecular flexibility index (Phi) is 6.83. The first-order valence-corrected chi connectivity index (χ1v) is 9.51. The van der Waals surface area contributed by atoms with Gasteiger partial charge in [-0.15, -0.1) is 0 Å². The van der Waals surface area contributed by atoms with E-state index < -0.39 is 0 Å². The molecule has 0 spiro atoms. The standard InChI is InChI=1S/C20H25N5O4/c1-3-29-20(27)25-10-8-24(9-11-25)18-12-16(22-14-23-18)19(26)21-13-15-6-4-5-7-17(15)28-2/h4-7,12,14H,3,8-11,13H2,1-2H3,(H,21,26). The second kappa shape index (κ2) is 9.72. The minimum atomic E-state index is -0.300. The highest BCUT2D eigenvalue weighted by molar-refractivity contribution is 5.92. The number of para-hydroxylation sites is 1. The molecule has 29 heavy (non-hydrogen) atoms. The van der Waals surface area contributed by atoms with Gasteiger partial charge in [0, 0.05) is 44.4 Å². The summed E-state index contributed by atoms with van der Waals surface area (Å²) in [5, 5.41) is 2.86. The van der Waals surface area contributed by atoms with Crippen molar-refractivity contribution in [3.63, 3.8) is 0 Å². The summed E-state index contributed by atoms with van der Waals surface area (Å²) in [5.74, 6) is 1.09. The van der Waals surface area contributed by atoms with Crippen LogP contribution in [0.25, 0.3) is 0 Å². The van der Waals surface area contributed by atoms with E-state index in [2.05, 4.69) is 15.3 Å². The number of anilines is 1. The molecule has 0 aliphatic carbocycles. The van der Waals surface area contributed by atoms with Crippen LogP contribution in [0.1, 0.15) is 23.0 Å². The maximum absolute atomic E-state index is 12.5. The smallest absolute Gasteiger partial charge is 0.409 e. The number of carbonyl (C=O) groups is 2. The zero-order valence-electron chi connectivity index (χ0n) is 16.6. The number of hydrogen-bond acceptors (Lipinski definition) is 7. The molecule has 2 amide bonds. The average molecular weight is 399 g/mol. The number of nitrogens with zero attached hydrogens (tertiary/aromatic N) is 4. The molecular formula is C20H25N5O4. The zero-order valence-corrected chi connectivity index (χ0v) is 16.6. The molecule has 0 unspecified atom stereocenters. The summed E-state index contributed by atoms with van der Waals surface area (Å²) in [6, 6.07) is 9.18. The molecule has 2 aromatic rings. The maximum atomic E-state index is 12.5. The first-order chi connectivity index (χ1) is 14.1. The van der Waals surface area contributed by atoms with E-state index in [1.807, 2.05) is 29.2 Å². The molecule has 3 rings (SSSR count). The Bertz CT molecular complexity index is 852. The molecular weight excluding hydrogens is 374 g/mol. The molecule has 0 radical (unpaired) electrons. The van der Waals surface area contributed by atoms with Crippen LogP contribution in [0.2, 0.25) is 0 Å². The normalized spacial score (nSPS) is 13.7. The third-order valence-corrected chi connectivity index (χ3v) is 4.65. The number of carbonyl (C=O) groups excluding carboxylic acids is 2. The largest absolute Gasteiger partial charge is 0.496 e. The quantitative estimate of drug-likeness (QED) is 0.789. The lowest BCUT2D eigenvalue weighted by Gasteiger charge is -2.34. The molecule has 1 fully saturated rings. The van der Waals surface area contributed by atoms with Crippen LogP contribution in [-0.2, 0) is 11.3 Å². The van der Waals surface area contributed by atoms with Crippen LogP contribution >= 0.6 is 0 Å². The zero-order chi connectivity index (χ0) is 20.6. The lowest BCUT2D eigenvalue weighted by atomic mass is 10.2. The van der Waals surface area contributed by atoms with E-state index in [0.29, 0.717) is 45.1 Å². The molecule has 1 aliphatic rings. The Morgan fingerprint density at radius 2 is 1.90 bits per heavy atom. The van der Waals surface area contributed by atoms with Gasteiger partial charge in [0.2, 0.25) is 0 Å². The van der Waals surface area contributed by atoms with Crippen LogP contribution in [0.4, 0.5) is 10.6 Å². The van der Waals surface area contributed by atoms with Gasteiger partial charge in [-0.2, -0.15) is 0 Å². The summed E-state index contributed by atoms with van der Waals surface area (Å²) < 4.78 is 10.3. The first kappa shape index (κ1) is 20.4. The van der Waals surface area contributed by atoms with Gasteiger partial charge < -0.3 is 24.6 Å². The van der Waals surface area contributed by atoms with E-state index in [9.17, 15) is 9.59 Å². The molecule has 1 aromatic heterocycles. The van der Waals surface area contributed by atoms with Crippen molar-refractivity contribution in [1.29, 1.82) is 0 Å². The molecule has 0 atom stereocenters. The molecule has 0 bridgehead atoms. The summed E-state index contributed by atoms with van der Waals surface area (Å²) in [5.41, 5.74) is 1.17. The van der Waals surface area contributed by atoms with Crippen molar-refractivity contribution in [2.75, 3.05) is 44.8 Å². The third-order valence-electron chi connectivity index (χ3n) is 4.65. The van der Waals surface area contributed by atoms with Gasteiger partial charge in [-0.05, 0) is 13.0 Å². The predicted octanol–water partition coefficient (Wildman–Crippen LogP) is 1.69. The second-order valence-electron chi connectivity index (χ2n) is 6.43. The van der Waals surface area contributed by atoms with Gasteiger partial charge in [0.15, 0.2) is 0 Å². The van der Waals surface area contributed by atoms with Crippen LogP contribution in [0.5, 0.6) is 5.75 Å². The Morgan fingerprint density at radius 3 is 2.62 bits per heavy atom. The van der Waals surface area contributed by atoms with Crippen molar-refractivity contribution in [2.24, 2.45) is 0 Å². The molecule has 0 saturated carbocycles. The number of amides is 2. The number of rotatable bonds is 6. The third kappa shape index (κ3) is 5.13. The van der Waals surface area contributed by atoms with Gasteiger partial charge in [0.05, 0.1) is 13.7 Å². The van der Waals surface area contributed by atoms with E-state index in [-0.39, 0.29) is 17.7 Å². The Morgan fingerprint density at radius 1 is 1.14 bits per heavy atom. The fourth-order valence-corrected chi connectivity index (χ4v) is 3.09. The molecule has 9 heteroatoms. The monoisotopic (exact) mass is 399 g/mol. The molecule has 154 valence electrons. The molecule has 2 heterocycles. The van der Waals surface area contributed by atoms with Crippen molar-refractivity contribution >= 4 is 17.8 Å². The fraction of sp³-hybridized carbons (Fsp3) is 0.400. The van der Waals surface area contributed by atoms with Gasteiger partial charge >= 0.3 is 6.09 Å². The number of ether oxygens (including phenoxy) is 2. The summed E-state index contributed by atoms with van der Waals surface area (Å²) in [6.07, 6.45) is 1.08. The van der Waals surface area contributed by atoms with Crippen molar-refractivity contribution in [2.45, 2.75) is 13.5 Å². The van der Waals surface area contributed by atoms with Crippen molar-refractivity contribution in [3.8, 4) is 5.75 Å². The van der Waals surface area contributed by atoms with E-state index in [0.717, 1.165) is 11.3 Å². The van der Waals surface area contributed by atoms with E-state index in [1.165, 1.54) is 6.33 Å². The van der Waals surface area contributed by atoms with Crippen LogP contribution in [0, 0.1) is 0 Å². The van der Waals surface area contributed by atoms with Crippen molar-refractivity contribution in [3.05, 3.63) is 47.9 Å². The van der Waals surface area contributed by atoms with E-state index in [4.69, 9.17) is 9.47 Å². The molecule has 1 saturated heterocycles. The highest BCUT2D eigenvalue weighted by Gasteiger charge is 2.23. The lowest BCUT2D eigenvalue weighted by molar-refractivity contribution is 0.0945. The highest BCUT2D eigenvalue weighted by Crippen LogP contribution is 2.17. The average Bonchev–Trinajstić information content (AvgIpc) is 2.78. The Hall–Kier alpha value is -3.36. The number of piperazine rings is 1. The highest BCUT2D eigenvalue weighted by atomic mass is 16.6. The topological polar surface area (TPSA) is 96.9 Å². The summed E-state index contributed by atoms with van der Waals surface area (Å²) >= 11 is 0.